The van der Waals surface area contributed by atoms with E-state index in [-0.39, 0.29) is 36.1 Å². The van der Waals surface area contributed by atoms with Crippen molar-refractivity contribution in [3.8, 4) is 41.1 Å². The number of aromatic amines is 1. The second kappa shape index (κ2) is 34.7. The van der Waals surface area contributed by atoms with Crippen molar-refractivity contribution in [1.82, 2.24) is 56.0 Å². The summed E-state index contributed by atoms with van der Waals surface area (Å²) in [6.07, 6.45) is 13.4. The van der Waals surface area contributed by atoms with Gasteiger partial charge in [-0.1, -0.05) is 18.1 Å². The fourth-order valence-corrected chi connectivity index (χ4v) is 11.5. The number of carbonyl (C=O) groups is 7. The van der Waals surface area contributed by atoms with E-state index in [0.29, 0.717) is 73.5 Å². The number of H-pyrrole nitrogens is 1. The number of hydrogen-bond acceptors (Lipinski definition) is 22. The Bertz CT molecular complexity index is 4500. The first-order chi connectivity index (χ1) is 47.9. The van der Waals surface area contributed by atoms with Crippen molar-refractivity contribution >= 4 is 166 Å². The summed E-state index contributed by atoms with van der Waals surface area (Å²) in [4.78, 5) is 120. The van der Waals surface area contributed by atoms with Crippen molar-refractivity contribution in [3.05, 3.63) is 162 Å². The summed E-state index contributed by atoms with van der Waals surface area (Å²) in [5, 5.41) is 15.9. The number of rotatable bonds is 13. The van der Waals surface area contributed by atoms with Gasteiger partial charge in [-0.25, -0.2) is 29.3 Å². The van der Waals surface area contributed by atoms with Crippen molar-refractivity contribution < 1.29 is 66.4 Å². The summed E-state index contributed by atoms with van der Waals surface area (Å²) in [6.45, 7) is 7.85. The second-order valence-corrected chi connectivity index (χ2v) is 27.5. The molecule has 0 radical (unpaired) electrons. The number of nitrogens with two attached hydrogens (primary N) is 1. The van der Waals surface area contributed by atoms with E-state index < -0.39 is 46.6 Å². The van der Waals surface area contributed by atoms with Gasteiger partial charge in [0.25, 0.3) is 23.6 Å². The van der Waals surface area contributed by atoms with Crippen LogP contribution in [0.15, 0.2) is 113 Å². The van der Waals surface area contributed by atoms with Crippen LogP contribution < -0.4 is 71.6 Å². The minimum absolute atomic E-state index is 0.0451. The van der Waals surface area contributed by atoms with E-state index in [2.05, 4.69) is 131 Å². The van der Waals surface area contributed by atoms with Gasteiger partial charge in [0, 0.05) is 118 Å². The molecule has 30 nitrogen and oxygen atoms in total. The molecule has 0 saturated carbocycles. The molecule has 8 aromatic rings. The maximum Gasteiger partial charge on any atom is 0.415 e. The topological polar surface area (TPSA) is 380 Å². The SMILES string of the molecule is C#C[C@]1(CN2Cc3ccc(OC)cc3C2=O)NC(=O)NC1=O.CNc1cc(=O)c(I)c[nH]1.CNc1cc2oc([C@]3(CN4Cc5ccc(OC)cc5C4=O)NC(=O)NC3=O)cc2cn1.COc1cc(C)ncc1I.COc1cc(N(C)C(=O)OC(C)(C)C)ncc1I.COc1cc(N)ncc1I. The van der Waals surface area contributed by atoms with E-state index in [4.69, 9.17) is 45.0 Å². The molecule has 0 unspecified atom stereocenters. The zero-order valence-electron chi connectivity index (χ0n) is 56.6. The van der Waals surface area contributed by atoms with Gasteiger partial charge in [-0.15, -0.1) is 6.42 Å². The minimum atomic E-state index is -1.56. The van der Waals surface area contributed by atoms with Crippen LogP contribution in [0.2, 0.25) is 0 Å². The highest BCUT2D eigenvalue weighted by Gasteiger charge is 2.53. The number of urea groups is 2. The first-order valence-corrected chi connectivity index (χ1v) is 34.3. The number of aryl methyl sites for hydroxylation is 1. The van der Waals surface area contributed by atoms with Crippen molar-refractivity contribution in [3.63, 3.8) is 0 Å². The Kier molecular flexibility index (Phi) is 27.1. The number of pyridine rings is 5. The van der Waals surface area contributed by atoms with Gasteiger partial charge >= 0.3 is 18.2 Å². The van der Waals surface area contributed by atoms with Crippen LogP contribution in [0.3, 0.4) is 0 Å². The molecule has 2 saturated heterocycles. The molecule has 34 heteroatoms. The van der Waals surface area contributed by atoms with Gasteiger partial charge in [-0.05, 0) is 160 Å². The molecular formula is C67H71I4N15O15. The van der Waals surface area contributed by atoms with Crippen LogP contribution in [0.5, 0.6) is 28.7 Å². The molecule has 2 fully saturated rings. The zero-order chi connectivity index (χ0) is 74.3. The minimum Gasteiger partial charge on any atom is -0.497 e. The number of hydrogen-bond donors (Lipinski definition) is 8. The maximum absolute atomic E-state index is 13.0. The third kappa shape index (κ3) is 19.7. The molecule has 9 N–H and O–H groups in total. The smallest absolute Gasteiger partial charge is 0.415 e. The van der Waals surface area contributed by atoms with Crippen molar-refractivity contribution in [2.24, 2.45) is 0 Å². The normalized spacial score (nSPS) is 15.9. The summed E-state index contributed by atoms with van der Waals surface area (Å²) >= 11 is 8.43. The molecule has 6 aromatic heterocycles. The fraction of sp³-hybridized carbons (Fsp3) is 0.284. The molecule has 2 atom stereocenters. The molecule has 2 aromatic carbocycles. The molecule has 0 aliphatic carbocycles. The van der Waals surface area contributed by atoms with E-state index in [9.17, 15) is 38.4 Å². The number of methoxy groups -OCH3 is 5. The number of furan rings is 1. The number of benzene rings is 2. The van der Waals surface area contributed by atoms with E-state index >= 15 is 0 Å². The van der Waals surface area contributed by atoms with Crippen LogP contribution in [0, 0.1) is 33.5 Å². The number of amides is 9. The molecule has 0 spiro atoms. The van der Waals surface area contributed by atoms with Crippen LogP contribution in [0.1, 0.15) is 64.1 Å². The summed E-state index contributed by atoms with van der Waals surface area (Å²) in [7, 11) is 13.0. The summed E-state index contributed by atoms with van der Waals surface area (Å²) in [5.74, 6) is 6.61. The van der Waals surface area contributed by atoms with Crippen LogP contribution in [0.25, 0.3) is 11.0 Å². The number of halogens is 4. The van der Waals surface area contributed by atoms with Crippen LogP contribution in [0.4, 0.5) is 37.7 Å². The van der Waals surface area contributed by atoms with Crippen LogP contribution in [-0.2, 0) is 33.0 Å². The van der Waals surface area contributed by atoms with Gasteiger partial charge in [0.1, 0.15) is 69.0 Å². The van der Waals surface area contributed by atoms with Gasteiger partial charge < -0.3 is 74.6 Å². The van der Waals surface area contributed by atoms with Gasteiger partial charge in [-0.2, -0.15) is 0 Å². The van der Waals surface area contributed by atoms with Gasteiger partial charge in [0.05, 0.1) is 62.9 Å². The van der Waals surface area contributed by atoms with Crippen molar-refractivity contribution in [2.45, 2.75) is 57.5 Å². The Morgan fingerprint density at radius 3 is 1.70 bits per heavy atom. The lowest BCUT2D eigenvalue weighted by Crippen LogP contribution is -2.54. The Morgan fingerprint density at radius 2 is 1.22 bits per heavy atom. The lowest BCUT2D eigenvalue weighted by atomic mass is 9.95. The Hall–Kier alpha value is -9.50. The number of aromatic nitrogens is 5. The average Bonchev–Trinajstić information content (AvgIpc) is 1.63. The maximum atomic E-state index is 13.0. The predicted octanol–water partition coefficient (Wildman–Crippen LogP) is 8.80. The second-order valence-electron chi connectivity index (χ2n) is 22.8. The number of fused-ring (bicyclic) bond motifs is 3. The number of terminal acetylenes is 1. The molecule has 0 bridgehead atoms. The quantitative estimate of drug-likeness (QED) is 0.0303. The van der Waals surface area contributed by atoms with Crippen LogP contribution in [-0.4, -0.2) is 157 Å². The highest BCUT2D eigenvalue weighted by Crippen LogP contribution is 2.36. The summed E-state index contributed by atoms with van der Waals surface area (Å²) in [5.41, 5.74) is 5.98. The number of nitrogen functional groups attached to an aromatic ring is 1. The number of nitrogens with zero attached hydrogens (tertiary/aromatic N) is 7. The van der Waals surface area contributed by atoms with Crippen molar-refractivity contribution in [2.75, 3.05) is 91.0 Å². The highest BCUT2D eigenvalue weighted by molar-refractivity contribution is 14.1. The predicted molar refractivity (Wildman–Crippen MR) is 409 cm³/mol. The van der Waals surface area contributed by atoms with Crippen molar-refractivity contribution in [1.29, 1.82) is 0 Å². The highest BCUT2D eigenvalue weighted by atomic mass is 127. The monoisotopic (exact) mass is 1830 g/mol. The Balaban J connectivity index is 0.000000181. The third-order valence-electron chi connectivity index (χ3n) is 14.9. The van der Waals surface area contributed by atoms with E-state index in [1.807, 2.05) is 62.4 Å². The van der Waals surface area contributed by atoms with Gasteiger partial charge in [0.2, 0.25) is 0 Å². The molecule has 101 heavy (non-hydrogen) atoms. The molecule has 4 aliphatic heterocycles. The summed E-state index contributed by atoms with van der Waals surface area (Å²) < 4.78 is 40.4. The first-order valence-electron chi connectivity index (χ1n) is 30.0. The lowest BCUT2D eigenvalue weighted by molar-refractivity contribution is -0.125. The van der Waals surface area contributed by atoms with E-state index in [0.717, 1.165) is 44.8 Å². The van der Waals surface area contributed by atoms with E-state index in [1.165, 1.54) is 35.0 Å². The Morgan fingerprint density at radius 1 is 0.673 bits per heavy atom. The Labute approximate surface area is 635 Å². The van der Waals surface area contributed by atoms with E-state index in [1.54, 1.807) is 128 Å². The average molecular weight is 1830 g/mol. The number of ether oxygens (including phenoxy) is 6. The molecule has 4 aliphatic rings. The number of imide groups is 2. The molecule has 10 heterocycles. The molecular weight excluding hydrogens is 1760 g/mol. The molecule has 12 rings (SSSR count). The number of nitrogens with one attached hydrogen (secondary N) is 7. The lowest BCUT2D eigenvalue weighted by Gasteiger charge is -2.29. The van der Waals surface area contributed by atoms with Gasteiger partial charge in [-0.3, -0.25) is 44.5 Å². The largest absolute Gasteiger partial charge is 0.497 e. The molecule has 9 amide bonds. The fourth-order valence-electron chi connectivity index (χ4n) is 9.69. The first kappa shape index (κ1) is 78.8. The standard InChI is InChI=1S/C21H19N5O5.C15H13N3O4.C12H17IN2O3.C7H8INO.2C6H7IN2O/c1-22-17-7-15-12(8-23-17)5-16(31-15)21(19(28)24-20(29)25-21)10-26-9-11-3-4-13(30-2)6-14(11)18(26)27;1-3-15(13(20)16-14(21)17-15)8-18-7-9-4-5-10(22-2)6-11(9)12(18)19;1-12(2,3)18-11(16)15(4)10-6-9(17-5)8(13)7-14-10;1-5-3-7(10-2)6(8)4-9-5;1-10-5-2-6(8)9-3-4(5)7;1-8-6-2-5(10)4(7)3-9-6/h3-8H,9-10H2,1-2H3,(H,22,23)(H2,24,25,28,29);1,4-6H,7-8H2,2H3,(H2,16,17,20,21);6-7H,1-5H3;3-4H,1-2H3;2-3H,1H3,(H2,8,9);2-3H,1H3,(H2,8,9,10)/t21-;15-;;;;/m01..../s1. The van der Waals surface area contributed by atoms with Gasteiger partial charge in [0.15, 0.2) is 16.5 Å². The number of carbonyl (C=O) groups excluding carboxylic acids is 7. The number of anilines is 4. The summed E-state index contributed by atoms with van der Waals surface area (Å²) in [6, 6.07) is 19.4. The van der Waals surface area contributed by atoms with Crippen LogP contribution >= 0.6 is 90.4 Å². The zero-order valence-corrected chi connectivity index (χ0v) is 65.2. The third-order valence-corrected chi connectivity index (χ3v) is 18.1. The molecule has 532 valence electrons.